The number of carbonyl (C=O) groups excluding carboxylic acids is 1. The summed E-state index contributed by atoms with van der Waals surface area (Å²) in [6.45, 7) is 3.95. The summed E-state index contributed by atoms with van der Waals surface area (Å²) < 4.78 is 2.76. The zero-order valence-corrected chi connectivity index (χ0v) is 15.5. The molecular weight excluding hydrogens is 370 g/mol. The molecule has 0 fully saturated rings. The average molecular weight is 388 g/mol. The van der Waals surface area contributed by atoms with Crippen LogP contribution in [0.5, 0.6) is 0 Å². The summed E-state index contributed by atoms with van der Waals surface area (Å²) >= 11 is 6.19. The number of anilines is 1. The van der Waals surface area contributed by atoms with E-state index in [0.29, 0.717) is 6.54 Å². The minimum atomic E-state index is -1.09. The Bertz CT molecular complexity index is 995. The van der Waals surface area contributed by atoms with Crippen LogP contribution in [-0.2, 0) is 11.3 Å². The fourth-order valence-corrected chi connectivity index (χ4v) is 2.84. The number of carboxylic acids is 1. The molecule has 2 heterocycles. The van der Waals surface area contributed by atoms with Crippen LogP contribution >= 0.6 is 11.6 Å². The maximum absolute atomic E-state index is 12.5. The first-order valence-corrected chi connectivity index (χ1v) is 8.59. The lowest BCUT2D eigenvalue weighted by Crippen LogP contribution is -2.24. The molecule has 3 rings (SSSR count). The molecule has 0 aliphatic rings. The Balaban J connectivity index is 1.77. The minimum absolute atomic E-state index is 0.106. The number of nitrogens with one attached hydrogen (secondary N) is 1. The minimum Gasteiger partial charge on any atom is -0.480 e. The predicted molar refractivity (Wildman–Crippen MR) is 100 cm³/mol. The highest BCUT2D eigenvalue weighted by Gasteiger charge is 2.22. The van der Waals surface area contributed by atoms with E-state index in [4.69, 9.17) is 16.7 Å². The quantitative estimate of drug-likeness (QED) is 0.677. The highest BCUT2D eigenvalue weighted by molar-refractivity contribution is 6.33. The van der Waals surface area contributed by atoms with E-state index in [1.54, 1.807) is 10.9 Å². The fourth-order valence-electron chi connectivity index (χ4n) is 2.64. The topological polar surface area (TPSA) is 102 Å². The van der Waals surface area contributed by atoms with Crippen molar-refractivity contribution >= 4 is 29.3 Å². The second-order valence-corrected chi connectivity index (χ2v) is 6.55. The number of amides is 1. The van der Waals surface area contributed by atoms with E-state index in [9.17, 15) is 9.59 Å². The molecule has 1 unspecified atom stereocenters. The smallest absolute Gasteiger partial charge is 0.328 e. The van der Waals surface area contributed by atoms with Crippen LogP contribution in [0, 0.1) is 6.92 Å². The van der Waals surface area contributed by atoms with Crippen molar-refractivity contribution in [1.29, 1.82) is 0 Å². The molecule has 3 aromatic rings. The molecule has 1 atom stereocenters. The molecule has 2 N–H and O–H groups in total. The van der Waals surface area contributed by atoms with Gasteiger partial charge in [-0.25, -0.2) is 9.48 Å². The van der Waals surface area contributed by atoms with Gasteiger partial charge in [0.25, 0.3) is 5.91 Å². The summed E-state index contributed by atoms with van der Waals surface area (Å²) in [5.74, 6) is -1.43. The van der Waals surface area contributed by atoms with Crippen LogP contribution < -0.4 is 5.32 Å². The average Bonchev–Trinajstić information content (AvgIpc) is 3.21. The summed E-state index contributed by atoms with van der Waals surface area (Å²) in [7, 11) is 0. The van der Waals surface area contributed by atoms with E-state index in [-0.39, 0.29) is 16.5 Å². The van der Waals surface area contributed by atoms with Crippen LogP contribution in [0.4, 0.5) is 5.82 Å². The molecule has 8 nitrogen and oxygen atoms in total. The fraction of sp³-hybridized carbons (Fsp3) is 0.222. The Morgan fingerprint density at radius 3 is 2.81 bits per heavy atom. The highest BCUT2D eigenvalue weighted by Crippen LogP contribution is 2.21. The lowest BCUT2D eigenvalue weighted by molar-refractivity contribution is -0.140. The molecule has 0 bridgehead atoms. The Morgan fingerprint density at radius 2 is 2.11 bits per heavy atom. The van der Waals surface area contributed by atoms with Crippen molar-refractivity contribution in [1.82, 2.24) is 19.6 Å². The van der Waals surface area contributed by atoms with Gasteiger partial charge in [-0.1, -0.05) is 41.4 Å². The number of carboxylic acid groups (broad SMARTS) is 1. The second kappa shape index (κ2) is 7.63. The van der Waals surface area contributed by atoms with Crippen LogP contribution in [0.2, 0.25) is 5.02 Å². The maximum Gasteiger partial charge on any atom is 0.328 e. The van der Waals surface area contributed by atoms with E-state index in [1.165, 1.54) is 19.2 Å². The van der Waals surface area contributed by atoms with E-state index in [1.807, 2.05) is 31.2 Å². The zero-order valence-electron chi connectivity index (χ0n) is 14.8. The van der Waals surface area contributed by atoms with Gasteiger partial charge in [0, 0.05) is 12.4 Å². The summed E-state index contributed by atoms with van der Waals surface area (Å²) in [5, 5.41) is 20.2. The largest absolute Gasteiger partial charge is 0.480 e. The van der Waals surface area contributed by atoms with Crippen LogP contribution in [0.3, 0.4) is 0 Å². The second-order valence-electron chi connectivity index (χ2n) is 6.14. The van der Waals surface area contributed by atoms with Crippen LogP contribution in [0.15, 0.2) is 42.7 Å². The van der Waals surface area contributed by atoms with Crippen molar-refractivity contribution in [3.05, 3.63) is 64.6 Å². The predicted octanol–water partition coefficient (Wildman–Crippen LogP) is 2.99. The molecule has 0 spiro atoms. The first-order chi connectivity index (χ1) is 12.8. The van der Waals surface area contributed by atoms with Gasteiger partial charge in [-0.3, -0.25) is 9.48 Å². The molecule has 1 amide bonds. The number of aromatic nitrogens is 4. The van der Waals surface area contributed by atoms with Gasteiger partial charge in [-0.2, -0.15) is 10.2 Å². The Kier molecular flexibility index (Phi) is 5.27. The summed E-state index contributed by atoms with van der Waals surface area (Å²) in [6, 6.07) is 8.45. The van der Waals surface area contributed by atoms with Gasteiger partial charge < -0.3 is 10.4 Å². The van der Waals surface area contributed by atoms with E-state index >= 15 is 0 Å². The van der Waals surface area contributed by atoms with Gasteiger partial charge in [0.2, 0.25) is 0 Å². The summed E-state index contributed by atoms with van der Waals surface area (Å²) in [5.41, 5.74) is 2.30. The zero-order chi connectivity index (χ0) is 19.6. The normalized spacial score (nSPS) is 12.0. The monoisotopic (exact) mass is 387 g/mol. The molecule has 0 saturated heterocycles. The number of nitrogens with zero attached hydrogens (tertiary/aromatic N) is 4. The summed E-state index contributed by atoms with van der Waals surface area (Å²) in [4.78, 5) is 23.7. The van der Waals surface area contributed by atoms with E-state index in [2.05, 4.69) is 15.5 Å². The Hall–Kier alpha value is -3.13. The number of aliphatic carboxylic acids is 1. The number of aryl methyl sites for hydroxylation is 1. The lowest BCUT2D eigenvalue weighted by Gasteiger charge is -2.11. The number of hydrogen-bond acceptors (Lipinski definition) is 4. The SMILES string of the molecule is Cc1cccc(Cn2cc(Cl)c(NC(=O)c3ccnn3C(C)C(=O)O)n2)c1. The number of rotatable bonds is 6. The summed E-state index contributed by atoms with van der Waals surface area (Å²) in [6.07, 6.45) is 2.99. The van der Waals surface area contributed by atoms with Crippen molar-refractivity contribution in [3.8, 4) is 0 Å². The number of halogens is 1. The first kappa shape index (κ1) is 18.7. The molecule has 140 valence electrons. The third-order valence-electron chi connectivity index (χ3n) is 4.00. The van der Waals surface area contributed by atoms with Crippen LogP contribution in [0.25, 0.3) is 0 Å². The molecule has 0 saturated carbocycles. The third kappa shape index (κ3) is 4.17. The van der Waals surface area contributed by atoms with Crippen molar-refractivity contribution in [2.24, 2.45) is 0 Å². The van der Waals surface area contributed by atoms with Gasteiger partial charge >= 0.3 is 5.97 Å². The van der Waals surface area contributed by atoms with Crippen molar-refractivity contribution < 1.29 is 14.7 Å². The lowest BCUT2D eigenvalue weighted by atomic mass is 10.1. The molecule has 9 heteroatoms. The standard InChI is InChI=1S/C18H18ClN5O3/c1-11-4-3-5-13(8-11)9-23-10-14(19)16(22-23)21-17(25)15-6-7-20-24(15)12(2)18(26)27/h3-8,10,12H,9H2,1-2H3,(H,26,27)(H,21,22,25). The number of carbonyl (C=O) groups is 2. The highest BCUT2D eigenvalue weighted by atomic mass is 35.5. The van der Waals surface area contributed by atoms with Crippen molar-refractivity contribution in [3.63, 3.8) is 0 Å². The van der Waals surface area contributed by atoms with Gasteiger partial charge in [-0.15, -0.1) is 0 Å². The van der Waals surface area contributed by atoms with E-state index < -0.39 is 17.9 Å². The van der Waals surface area contributed by atoms with Crippen LogP contribution in [0.1, 0.15) is 34.6 Å². The molecular formula is C18H18ClN5O3. The van der Waals surface area contributed by atoms with Crippen LogP contribution in [-0.4, -0.2) is 36.5 Å². The van der Waals surface area contributed by atoms with Crippen molar-refractivity contribution in [2.75, 3.05) is 5.32 Å². The molecule has 0 aliphatic heterocycles. The van der Waals surface area contributed by atoms with Gasteiger partial charge in [-0.05, 0) is 25.5 Å². The van der Waals surface area contributed by atoms with E-state index in [0.717, 1.165) is 15.8 Å². The molecule has 0 aliphatic carbocycles. The first-order valence-electron chi connectivity index (χ1n) is 8.21. The van der Waals surface area contributed by atoms with Crippen molar-refractivity contribution in [2.45, 2.75) is 26.4 Å². The van der Waals surface area contributed by atoms with Gasteiger partial charge in [0.1, 0.15) is 16.8 Å². The number of hydrogen-bond donors (Lipinski definition) is 2. The Labute approximate surface area is 160 Å². The number of benzene rings is 1. The molecule has 2 aromatic heterocycles. The molecule has 0 radical (unpaired) electrons. The Morgan fingerprint density at radius 1 is 1.33 bits per heavy atom. The third-order valence-corrected chi connectivity index (χ3v) is 4.28. The van der Waals surface area contributed by atoms with Gasteiger partial charge in [0.05, 0.1) is 6.54 Å². The molecule has 27 heavy (non-hydrogen) atoms. The maximum atomic E-state index is 12.5. The molecule has 1 aromatic carbocycles. The van der Waals surface area contributed by atoms with Gasteiger partial charge in [0.15, 0.2) is 5.82 Å².